The summed E-state index contributed by atoms with van der Waals surface area (Å²) in [6.45, 7) is 1.66. The lowest BCUT2D eigenvalue weighted by Crippen LogP contribution is -2.50. The maximum Gasteiger partial charge on any atom is 0.337 e. The van der Waals surface area contributed by atoms with Gasteiger partial charge in [0.1, 0.15) is 5.60 Å². The molecule has 5 aliphatic carbocycles. The van der Waals surface area contributed by atoms with Crippen molar-refractivity contribution in [3.05, 3.63) is 11.8 Å². The molecule has 5 saturated carbocycles. The fourth-order valence-electron chi connectivity index (χ4n) is 7.75. The Morgan fingerprint density at radius 1 is 1.18 bits per heavy atom. The molecular formula is C19H26O3. The molecular weight excluding hydrogens is 276 g/mol. The summed E-state index contributed by atoms with van der Waals surface area (Å²) in [5.74, 6) is 5.14. The third-order valence-corrected chi connectivity index (χ3v) is 8.14. The van der Waals surface area contributed by atoms with Crippen molar-refractivity contribution in [3.63, 3.8) is 0 Å². The van der Waals surface area contributed by atoms with Crippen LogP contribution in [0.25, 0.3) is 0 Å². The number of carbonyl (C=O) groups is 1. The van der Waals surface area contributed by atoms with Gasteiger partial charge in [-0.3, -0.25) is 0 Å². The topological polar surface area (TPSA) is 46.5 Å². The lowest BCUT2D eigenvalue weighted by atomic mass is 9.62. The SMILES string of the molecule is CC(=CO)C(=O)OC12CC(C3CCCC31)C1C3CCC(C3)C12. The van der Waals surface area contributed by atoms with Crippen molar-refractivity contribution in [2.45, 2.75) is 57.5 Å². The van der Waals surface area contributed by atoms with E-state index in [0.29, 0.717) is 17.4 Å². The van der Waals surface area contributed by atoms with Crippen LogP contribution in [0.4, 0.5) is 0 Å². The first-order valence-electron chi connectivity index (χ1n) is 9.20. The van der Waals surface area contributed by atoms with Crippen molar-refractivity contribution in [2.75, 3.05) is 0 Å². The summed E-state index contributed by atoms with van der Waals surface area (Å²) in [6, 6.07) is 0. The fraction of sp³-hybridized carbons (Fsp3) is 0.842. The Bertz CT molecular complexity index is 553. The van der Waals surface area contributed by atoms with Gasteiger partial charge in [0.15, 0.2) is 0 Å². The minimum absolute atomic E-state index is 0.183. The van der Waals surface area contributed by atoms with Crippen molar-refractivity contribution in [3.8, 4) is 0 Å². The van der Waals surface area contributed by atoms with Gasteiger partial charge in [0, 0.05) is 11.8 Å². The van der Waals surface area contributed by atoms with E-state index in [9.17, 15) is 4.79 Å². The molecule has 0 saturated heterocycles. The molecule has 120 valence electrons. The first-order valence-corrected chi connectivity index (χ1v) is 9.20. The number of rotatable bonds is 2. The predicted molar refractivity (Wildman–Crippen MR) is 82.0 cm³/mol. The molecule has 0 radical (unpaired) electrons. The monoisotopic (exact) mass is 302 g/mol. The highest BCUT2D eigenvalue weighted by atomic mass is 16.6. The van der Waals surface area contributed by atoms with E-state index in [1.807, 2.05) is 0 Å². The van der Waals surface area contributed by atoms with Gasteiger partial charge in [-0.25, -0.2) is 4.79 Å². The van der Waals surface area contributed by atoms with Gasteiger partial charge in [0.05, 0.1) is 11.8 Å². The van der Waals surface area contributed by atoms with Crippen LogP contribution in [0.3, 0.4) is 0 Å². The Morgan fingerprint density at radius 2 is 2.00 bits per heavy atom. The molecule has 8 atom stereocenters. The number of esters is 1. The molecule has 0 aromatic rings. The number of hydrogen-bond acceptors (Lipinski definition) is 3. The van der Waals surface area contributed by atoms with Crippen molar-refractivity contribution in [1.82, 2.24) is 0 Å². The van der Waals surface area contributed by atoms with Crippen LogP contribution >= 0.6 is 0 Å². The Hall–Kier alpha value is -0.990. The zero-order valence-electron chi connectivity index (χ0n) is 13.3. The van der Waals surface area contributed by atoms with E-state index in [1.54, 1.807) is 6.92 Å². The van der Waals surface area contributed by atoms with Crippen LogP contribution in [0.2, 0.25) is 0 Å². The minimum Gasteiger partial charge on any atom is -0.515 e. The van der Waals surface area contributed by atoms with Crippen LogP contribution in [0.5, 0.6) is 0 Å². The maximum atomic E-state index is 12.4. The van der Waals surface area contributed by atoms with Crippen molar-refractivity contribution < 1.29 is 14.6 Å². The van der Waals surface area contributed by atoms with Gasteiger partial charge in [-0.2, -0.15) is 0 Å². The molecule has 0 heterocycles. The molecule has 3 heteroatoms. The minimum atomic E-state index is -0.280. The number of carbonyl (C=O) groups excluding carboxylic acids is 1. The largest absolute Gasteiger partial charge is 0.515 e. The Balaban J connectivity index is 1.54. The first kappa shape index (κ1) is 13.4. The van der Waals surface area contributed by atoms with E-state index in [1.165, 1.54) is 38.5 Å². The molecule has 5 aliphatic rings. The summed E-state index contributed by atoms with van der Waals surface area (Å²) in [5.41, 5.74) is 0.163. The number of aliphatic hydroxyl groups is 1. The number of fused-ring (bicyclic) bond motifs is 12. The summed E-state index contributed by atoms with van der Waals surface area (Å²) in [6.07, 6.45) is 10.1. The average molecular weight is 302 g/mol. The second-order valence-corrected chi connectivity index (χ2v) is 8.66. The Morgan fingerprint density at radius 3 is 2.82 bits per heavy atom. The van der Waals surface area contributed by atoms with Crippen LogP contribution < -0.4 is 0 Å². The molecule has 22 heavy (non-hydrogen) atoms. The van der Waals surface area contributed by atoms with Gasteiger partial charge in [0.25, 0.3) is 0 Å². The molecule has 4 bridgehead atoms. The maximum absolute atomic E-state index is 12.4. The summed E-state index contributed by atoms with van der Waals surface area (Å²) >= 11 is 0. The van der Waals surface area contributed by atoms with Crippen LogP contribution in [0.15, 0.2) is 11.8 Å². The average Bonchev–Trinajstić information content (AvgIpc) is 3.27. The summed E-state index contributed by atoms with van der Waals surface area (Å²) in [4.78, 5) is 12.4. The molecule has 8 unspecified atom stereocenters. The van der Waals surface area contributed by atoms with Crippen molar-refractivity contribution in [2.24, 2.45) is 41.4 Å². The molecule has 0 amide bonds. The summed E-state index contributed by atoms with van der Waals surface area (Å²) in [5, 5.41) is 9.16. The Labute approximate surface area is 132 Å². The van der Waals surface area contributed by atoms with E-state index >= 15 is 0 Å². The quantitative estimate of drug-likeness (QED) is 0.365. The van der Waals surface area contributed by atoms with Gasteiger partial charge < -0.3 is 9.84 Å². The zero-order chi connectivity index (χ0) is 15.1. The highest BCUT2D eigenvalue weighted by Gasteiger charge is 2.74. The third-order valence-electron chi connectivity index (χ3n) is 8.14. The smallest absolute Gasteiger partial charge is 0.337 e. The number of ether oxygens (including phenoxy) is 1. The van der Waals surface area contributed by atoms with E-state index in [2.05, 4.69) is 0 Å². The highest BCUT2D eigenvalue weighted by molar-refractivity contribution is 5.87. The number of hydrogen-bond donors (Lipinski definition) is 1. The third kappa shape index (κ3) is 1.42. The molecule has 5 rings (SSSR count). The van der Waals surface area contributed by atoms with Gasteiger partial charge in [-0.1, -0.05) is 6.42 Å². The molecule has 1 N–H and O–H groups in total. The van der Waals surface area contributed by atoms with Crippen LogP contribution in [0.1, 0.15) is 51.9 Å². The zero-order valence-corrected chi connectivity index (χ0v) is 13.3. The molecule has 5 fully saturated rings. The van der Waals surface area contributed by atoms with Gasteiger partial charge in [-0.05, 0) is 75.0 Å². The van der Waals surface area contributed by atoms with Gasteiger partial charge >= 0.3 is 5.97 Å². The summed E-state index contributed by atoms with van der Waals surface area (Å²) < 4.78 is 6.26. The second kappa shape index (κ2) is 4.30. The molecule has 0 aromatic heterocycles. The lowest BCUT2D eigenvalue weighted by molar-refractivity contribution is -0.173. The van der Waals surface area contributed by atoms with E-state index < -0.39 is 0 Å². The molecule has 0 spiro atoms. The summed E-state index contributed by atoms with van der Waals surface area (Å²) in [7, 11) is 0. The van der Waals surface area contributed by atoms with E-state index in [0.717, 1.165) is 42.3 Å². The molecule has 0 aliphatic heterocycles. The highest BCUT2D eigenvalue weighted by Crippen LogP contribution is 2.75. The number of aliphatic hydroxyl groups excluding tert-OH is 1. The normalized spacial score (nSPS) is 54.6. The lowest BCUT2D eigenvalue weighted by Gasteiger charge is -2.47. The fourth-order valence-corrected chi connectivity index (χ4v) is 7.75. The van der Waals surface area contributed by atoms with E-state index in [-0.39, 0.29) is 11.6 Å². The Kier molecular flexibility index (Phi) is 2.63. The van der Waals surface area contributed by atoms with Gasteiger partial charge in [-0.15, -0.1) is 0 Å². The standard InChI is InChI=1S/C19H26O3/c1-10(9-20)18(21)22-19-8-14(13-3-2-4-15(13)19)16-11-5-6-12(7-11)17(16)19/h9,11-17,20H,2-8H2,1H3. The molecule has 3 nitrogen and oxygen atoms in total. The van der Waals surface area contributed by atoms with Crippen molar-refractivity contribution in [1.29, 1.82) is 0 Å². The predicted octanol–water partition coefficient (Wildman–Crippen LogP) is 3.84. The van der Waals surface area contributed by atoms with Crippen LogP contribution in [0, 0.1) is 41.4 Å². The van der Waals surface area contributed by atoms with Crippen molar-refractivity contribution >= 4 is 5.97 Å². The first-order chi connectivity index (χ1) is 10.7. The van der Waals surface area contributed by atoms with Crippen LogP contribution in [-0.4, -0.2) is 16.7 Å². The molecule has 0 aromatic carbocycles. The second-order valence-electron chi connectivity index (χ2n) is 8.66. The van der Waals surface area contributed by atoms with E-state index in [4.69, 9.17) is 9.84 Å². The van der Waals surface area contributed by atoms with Crippen LogP contribution in [-0.2, 0) is 9.53 Å². The van der Waals surface area contributed by atoms with Gasteiger partial charge in [0.2, 0.25) is 0 Å².